The molecule has 9 nitrogen and oxygen atoms in total. The molecule has 1 aromatic carbocycles. The van der Waals surface area contributed by atoms with Crippen molar-refractivity contribution in [2.24, 2.45) is 11.8 Å². The zero-order valence-electron chi connectivity index (χ0n) is 23.7. The average Bonchev–Trinajstić information content (AvgIpc) is 2.91. The first-order valence-corrected chi connectivity index (χ1v) is 14.1. The first-order chi connectivity index (χ1) is 18.9. The Bertz CT molecular complexity index is 1280. The van der Waals surface area contributed by atoms with Crippen LogP contribution in [-0.4, -0.2) is 56.7 Å². The van der Waals surface area contributed by atoms with E-state index in [1.165, 1.54) is 0 Å². The van der Waals surface area contributed by atoms with Gasteiger partial charge < -0.3 is 15.3 Å². The maximum absolute atomic E-state index is 13.5. The first kappa shape index (κ1) is 31.1. The Morgan fingerprint density at radius 1 is 1.20 bits per heavy atom. The Kier molecular flexibility index (Phi) is 10.7. The molecule has 0 bridgehead atoms. The Morgan fingerprint density at radius 2 is 1.82 bits per heavy atom. The summed E-state index contributed by atoms with van der Waals surface area (Å²) in [4.78, 5) is 37.7. The molecule has 1 heterocycles. The van der Waals surface area contributed by atoms with E-state index in [-0.39, 0.29) is 17.7 Å². The van der Waals surface area contributed by atoms with Crippen LogP contribution in [0.4, 0.5) is 0 Å². The van der Waals surface area contributed by atoms with E-state index in [4.69, 9.17) is 17.0 Å². The molecule has 1 aromatic heterocycles. The predicted octanol–water partition coefficient (Wildman–Crippen LogP) is 4.91. The standard InChI is InChI=1S/C30H40ClN5O4/c1-20(2)25-17-26(21-11-13-24(31)14-12-21)34-36(27(25)32)16-6-5-15-35(18-30(3,4)33-19-37)28(38)22-7-9-23(10-8-22)29(39)40/h6,11-14,16-17,19-20,22-23,32H,5,7-10,15,18H2,1-4H3,(H,33,37)(H,39,40)/b16-6+,32-27?. The van der Waals surface area contributed by atoms with Crippen molar-refractivity contribution in [3.05, 3.63) is 52.5 Å². The van der Waals surface area contributed by atoms with Gasteiger partial charge >= 0.3 is 5.97 Å². The number of benzene rings is 1. The Balaban J connectivity index is 1.79. The quantitative estimate of drug-likeness (QED) is 0.313. The molecule has 40 heavy (non-hydrogen) atoms. The van der Waals surface area contributed by atoms with E-state index in [9.17, 15) is 19.5 Å². The van der Waals surface area contributed by atoms with Crippen molar-refractivity contribution in [3.63, 3.8) is 0 Å². The zero-order chi connectivity index (χ0) is 29.4. The van der Waals surface area contributed by atoms with Crippen molar-refractivity contribution in [1.82, 2.24) is 20.0 Å². The highest BCUT2D eigenvalue weighted by Gasteiger charge is 2.33. The number of amides is 2. The van der Waals surface area contributed by atoms with Gasteiger partial charge in [0.1, 0.15) is 5.49 Å². The molecular weight excluding hydrogens is 530 g/mol. The van der Waals surface area contributed by atoms with Gasteiger partial charge in [0.2, 0.25) is 12.3 Å². The maximum atomic E-state index is 13.5. The second-order valence-electron chi connectivity index (χ2n) is 11.4. The molecule has 10 heteroatoms. The average molecular weight is 570 g/mol. The van der Waals surface area contributed by atoms with E-state index in [1.54, 1.807) is 15.8 Å². The van der Waals surface area contributed by atoms with Crippen LogP contribution < -0.4 is 10.8 Å². The number of carbonyl (C=O) groups excluding carboxylic acids is 2. The number of carboxylic acid groups (broad SMARTS) is 1. The van der Waals surface area contributed by atoms with Crippen LogP contribution in [0, 0.1) is 17.2 Å². The SMILES string of the molecule is CC(C)c1cc(-c2ccc(Cl)cc2)nn(/C=C/CCN(CC(C)(C)NC=O)C(=O)C2CCC(C(=O)O)CC2)c1=N. The van der Waals surface area contributed by atoms with Gasteiger partial charge in [0.15, 0.2) is 0 Å². The summed E-state index contributed by atoms with van der Waals surface area (Å²) in [6, 6.07) is 9.35. The molecule has 1 aliphatic rings. The minimum Gasteiger partial charge on any atom is -0.481 e. The molecule has 1 saturated carbocycles. The second-order valence-corrected chi connectivity index (χ2v) is 11.8. The Labute approximate surface area is 240 Å². The molecule has 3 N–H and O–H groups in total. The second kappa shape index (κ2) is 13.7. The van der Waals surface area contributed by atoms with E-state index in [0.29, 0.717) is 62.1 Å². The molecule has 0 unspecified atom stereocenters. The number of carboxylic acids is 1. The summed E-state index contributed by atoms with van der Waals surface area (Å²) in [5.74, 6) is -1.32. The summed E-state index contributed by atoms with van der Waals surface area (Å²) in [6.07, 6.45) is 6.87. The van der Waals surface area contributed by atoms with Gasteiger partial charge in [0, 0.05) is 41.4 Å². The molecule has 216 valence electrons. The van der Waals surface area contributed by atoms with Gasteiger partial charge in [0.05, 0.1) is 17.2 Å². The van der Waals surface area contributed by atoms with Crippen LogP contribution in [0.1, 0.15) is 71.3 Å². The third-order valence-electron chi connectivity index (χ3n) is 7.36. The third-order valence-corrected chi connectivity index (χ3v) is 7.61. The lowest BCUT2D eigenvalue weighted by atomic mass is 9.81. The van der Waals surface area contributed by atoms with Crippen LogP contribution in [0.15, 0.2) is 36.4 Å². The van der Waals surface area contributed by atoms with Crippen molar-refractivity contribution in [2.75, 3.05) is 13.1 Å². The molecule has 3 rings (SSSR count). The van der Waals surface area contributed by atoms with Gasteiger partial charge in [0.25, 0.3) is 0 Å². The van der Waals surface area contributed by atoms with Gasteiger partial charge in [-0.2, -0.15) is 5.10 Å². The minimum absolute atomic E-state index is 0.0169. The van der Waals surface area contributed by atoms with Gasteiger partial charge in [-0.25, -0.2) is 4.68 Å². The van der Waals surface area contributed by atoms with Gasteiger partial charge in [-0.05, 0) is 70.1 Å². The maximum Gasteiger partial charge on any atom is 0.306 e. The van der Waals surface area contributed by atoms with E-state index in [0.717, 1.165) is 16.8 Å². The number of hydrogen-bond acceptors (Lipinski definition) is 5. The fourth-order valence-electron chi connectivity index (χ4n) is 5.05. The van der Waals surface area contributed by atoms with Crippen LogP contribution in [0.5, 0.6) is 0 Å². The smallest absolute Gasteiger partial charge is 0.306 e. The van der Waals surface area contributed by atoms with Crippen molar-refractivity contribution in [1.29, 1.82) is 5.41 Å². The first-order valence-electron chi connectivity index (χ1n) is 13.8. The summed E-state index contributed by atoms with van der Waals surface area (Å²) in [7, 11) is 0. The molecule has 0 radical (unpaired) electrons. The monoisotopic (exact) mass is 569 g/mol. The van der Waals surface area contributed by atoms with Crippen molar-refractivity contribution < 1.29 is 19.5 Å². The number of aliphatic carboxylic acids is 1. The summed E-state index contributed by atoms with van der Waals surface area (Å²) in [5.41, 5.74) is 2.16. The van der Waals surface area contributed by atoms with Crippen molar-refractivity contribution in [3.8, 4) is 11.3 Å². The fraction of sp³-hybridized carbons (Fsp3) is 0.500. The lowest BCUT2D eigenvalue weighted by molar-refractivity contribution is -0.145. The Morgan fingerprint density at radius 3 is 2.40 bits per heavy atom. The van der Waals surface area contributed by atoms with Gasteiger partial charge in [-0.3, -0.25) is 19.8 Å². The molecule has 0 atom stereocenters. The molecule has 1 aliphatic carbocycles. The van der Waals surface area contributed by atoms with Crippen LogP contribution in [-0.2, 0) is 14.4 Å². The molecule has 2 aromatic rings. The largest absolute Gasteiger partial charge is 0.481 e. The summed E-state index contributed by atoms with van der Waals surface area (Å²) in [6.45, 7) is 8.54. The third kappa shape index (κ3) is 8.27. The van der Waals surface area contributed by atoms with E-state index < -0.39 is 17.4 Å². The highest BCUT2D eigenvalue weighted by Crippen LogP contribution is 2.30. The number of nitrogens with one attached hydrogen (secondary N) is 2. The van der Waals surface area contributed by atoms with Crippen LogP contribution >= 0.6 is 11.6 Å². The topological polar surface area (TPSA) is 128 Å². The number of rotatable bonds is 12. The van der Waals surface area contributed by atoms with E-state index in [2.05, 4.69) is 10.4 Å². The van der Waals surface area contributed by atoms with Crippen LogP contribution in [0.25, 0.3) is 17.5 Å². The summed E-state index contributed by atoms with van der Waals surface area (Å²) >= 11 is 6.06. The number of carbonyl (C=O) groups is 3. The van der Waals surface area contributed by atoms with Crippen LogP contribution in [0.3, 0.4) is 0 Å². The molecular formula is C30H40ClN5O4. The van der Waals surface area contributed by atoms with Crippen LogP contribution in [0.2, 0.25) is 5.02 Å². The summed E-state index contributed by atoms with van der Waals surface area (Å²) < 4.78 is 1.55. The number of halogens is 1. The number of hydrogen-bond donors (Lipinski definition) is 3. The fourth-order valence-corrected chi connectivity index (χ4v) is 5.18. The van der Waals surface area contributed by atoms with E-state index in [1.807, 2.05) is 64.1 Å². The van der Waals surface area contributed by atoms with Crippen molar-refractivity contribution in [2.45, 2.75) is 71.3 Å². The lowest BCUT2D eigenvalue weighted by Gasteiger charge is -2.36. The summed E-state index contributed by atoms with van der Waals surface area (Å²) in [5, 5.41) is 26.1. The normalized spacial score (nSPS) is 17.6. The van der Waals surface area contributed by atoms with E-state index >= 15 is 0 Å². The lowest BCUT2D eigenvalue weighted by Crippen LogP contribution is -2.52. The van der Waals surface area contributed by atoms with Gasteiger partial charge in [-0.1, -0.05) is 43.7 Å². The molecule has 0 spiro atoms. The highest BCUT2D eigenvalue weighted by atomic mass is 35.5. The molecule has 0 aliphatic heterocycles. The zero-order valence-corrected chi connectivity index (χ0v) is 24.4. The molecule has 1 fully saturated rings. The van der Waals surface area contributed by atoms with Crippen molar-refractivity contribution >= 4 is 36.1 Å². The molecule has 2 amide bonds. The highest BCUT2D eigenvalue weighted by molar-refractivity contribution is 6.30. The Hall–Kier alpha value is -3.46. The van der Waals surface area contributed by atoms with Gasteiger partial charge in [-0.15, -0.1) is 0 Å². The number of aromatic nitrogens is 2. The minimum atomic E-state index is -0.801. The number of nitrogens with zero attached hydrogens (tertiary/aromatic N) is 3. The molecule has 0 saturated heterocycles. The predicted molar refractivity (Wildman–Crippen MR) is 156 cm³/mol.